The van der Waals surface area contributed by atoms with Crippen LogP contribution >= 0.6 is 11.6 Å². The Morgan fingerprint density at radius 1 is 1.30 bits per heavy atom. The molecule has 27 heavy (non-hydrogen) atoms. The van der Waals surface area contributed by atoms with E-state index in [0.29, 0.717) is 42.7 Å². The van der Waals surface area contributed by atoms with Crippen LogP contribution in [0, 0.1) is 5.82 Å². The van der Waals surface area contributed by atoms with Crippen LogP contribution in [0.4, 0.5) is 15.9 Å². The number of anilines is 2. The van der Waals surface area contributed by atoms with Crippen LogP contribution in [-0.4, -0.2) is 46.7 Å². The molecule has 1 fully saturated rings. The predicted molar refractivity (Wildman–Crippen MR) is 102 cm³/mol. The highest BCUT2D eigenvalue weighted by molar-refractivity contribution is 6.30. The first-order valence-corrected chi connectivity index (χ1v) is 8.95. The van der Waals surface area contributed by atoms with Gasteiger partial charge in [0.2, 0.25) is 0 Å². The highest BCUT2D eigenvalue weighted by Gasteiger charge is 2.23. The Kier molecular flexibility index (Phi) is 4.72. The van der Waals surface area contributed by atoms with Crippen molar-refractivity contribution < 1.29 is 13.9 Å². The maximum Gasteiger partial charge on any atom is 0.257 e. The monoisotopic (exact) mass is 388 g/mol. The first kappa shape index (κ1) is 17.8. The smallest absolute Gasteiger partial charge is 0.257 e. The van der Waals surface area contributed by atoms with Gasteiger partial charge in [-0.3, -0.25) is 4.79 Å². The molecule has 1 aliphatic heterocycles. The summed E-state index contributed by atoms with van der Waals surface area (Å²) in [6, 6.07) is 6.25. The summed E-state index contributed by atoms with van der Waals surface area (Å²) >= 11 is 5.81. The molecule has 1 aromatic carbocycles. The van der Waals surface area contributed by atoms with Gasteiger partial charge in [-0.1, -0.05) is 11.6 Å². The standard InChI is InChI=1S/C19H18ClFN4O2/c1-24-5-4-13-17(24)14(19(26)25-6-8-27-9-7-25)11-22-18(13)23-16-3-2-12(20)10-15(16)21/h2-5,10-11H,6-9H2,1H3,(H,22,23). The van der Waals surface area contributed by atoms with Gasteiger partial charge < -0.3 is 19.5 Å². The maximum absolute atomic E-state index is 14.1. The Balaban J connectivity index is 1.73. The number of hydrogen-bond donors (Lipinski definition) is 1. The predicted octanol–water partition coefficient (Wildman–Crippen LogP) is 3.58. The molecule has 0 atom stereocenters. The van der Waals surface area contributed by atoms with E-state index in [1.54, 1.807) is 17.0 Å². The van der Waals surface area contributed by atoms with E-state index < -0.39 is 5.82 Å². The topological polar surface area (TPSA) is 59.4 Å². The average Bonchev–Trinajstić information content (AvgIpc) is 3.07. The third-order valence-corrected chi connectivity index (χ3v) is 4.85. The van der Waals surface area contributed by atoms with Crippen LogP contribution in [0.15, 0.2) is 36.7 Å². The summed E-state index contributed by atoms with van der Waals surface area (Å²) in [5.41, 5.74) is 1.53. The molecule has 4 rings (SSSR count). The van der Waals surface area contributed by atoms with E-state index in [0.717, 1.165) is 10.9 Å². The van der Waals surface area contributed by atoms with Crippen molar-refractivity contribution in [2.75, 3.05) is 31.6 Å². The number of nitrogens with one attached hydrogen (secondary N) is 1. The lowest BCUT2D eigenvalue weighted by molar-refractivity contribution is 0.0303. The summed E-state index contributed by atoms with van der Waals surface area (Å²) in [7, 11) is 1.87. The van der Waals surface area contributed by atoms with Gasteiger partial charge in [0.1, 0.15) is 11.6 Å². The molecule has 1 amide bonds. The Hall–Kier alpha value is -2.64. The molecule has 0 aliphatic carbocycles. The summed E-state index contributed by atoms with van der Waals surface area (Å²) in [6.07, 6.45) is 3.39. The number of aromatic nitrogens is 2. The third kappa shape index (κ3) is 3.36. The highest BCUT2D eigenvalue weighted by atomic mass is 35.5. The number of hydrogen-bond acceptors (Lipinski definition) is 4. The van der Waals surface area contributed by atoms with Crippen molar-refractivity contribution in [2.24, 2.45) is 7.05 Å². The van der Waals surface area contributed by atoms with Crippen LogP contribution in [0.2, 0.25) is 5.02 Å². The molecule has 0 spiro atoms. The minimum absolute atomic E-state index is 0.0816. The number of nitrogens with zero attached hydrogens (tertiary/aromatic N) is 3. The van der Waals surface area contributed by atoms with E-state index in [1.807, 2.05) is 23.9 Å². The lowest BCUT2D eigenvalue weighted by Gasteiger charge is -2.27. The first-order chi connectivity index (χ1) is 13.0. The number of fused-ring (bicyclic) bond motifs is 1. The minimum Gasteiger partial charge on any atom is -0.378 e. The molecule has 0 saturated carbocycles. The zero-order valence-corrected chi connectivity index (χ0v) is 15.5. The SMILES string of the molecule is Cn1ccc2c(Nc3ccc(Cl)cc3F)ncc(C(=O)N3CCOCC3)c21. The maximum atomic E-state index is 14.1. The molecule has 0 bridgehead atoms. The zero-order chi connectivity index (χ0) is 19.0. The number of carbonyl (C=O) groups is 1. The molecule has 1 N–H and O–H groups in total. The Morgan fingerprint density at radius 2 is 2.07 bits per heavy atom. The van der Waals surface area contributed by atoms with Gasteiger partial charge in [0.05, 0.1) is 30.0 Å². The normalized spacial score (nSPS) is 14.6. The van der Waals surface area contributed by atoms with Crippen molar-refractivity contribution in [3.05, 3.63) is 53.1 Å². The van der Waals surface area contributed by atoms with Gasteiger partial charge in [-0.25, -0.2) is 9.37 Å². The van der Waals surface area contributed by atoms with Crippen molar-refractivity contribution in [1.82, 2.24) is 14.5 Å². The van der Waals surface area contributed by atoms with Crippen LogP contribution in [0.25, 0.3) is 10.9 Å². The number of carbonyl (C=O) groups excluding carboxylic acids is 1. The molecule has 3 aromatic rings. The van der Waals surface area contributed by atoms with E-state index >= 15 is 0 Å². The van der Waals surface area contributed by atoms with E-state index in [-0.39, 0.29) is 11.6 Å². The number of amides is 1. The fourth-order valence-electron chi connectivity index (χ4n) is 3.23. The highest BCUT2D eigenvalue weighted by Crippen LogP contribution is 2.30. The molecule has 2 aromatic heterocycles. The number of ether oxygens (including phenoxy) is 1. The Morgan fingerprint density at radius 3 is 2.81 bits per heavy atom. The van der Waals surface area contributed by atoms with Gasteiger partial charge in [0.25, 0.3) is 5.91 Å². The summed E-state index contributed by atoms with van der Waals surface area (Å²) < 4.78 is 21.3. The lowest BCUT2D eigenvalue weighted by atomic mass is 10.1. The Labute approximate surface area is 160 Å². The van der Waals surface area contributed by atoms with Crippen LogP contribution in [0.5, 0.6) is 0 Å². The molecular formula is C19H18ClFN4O2. The zero-order valence-electron chi connectivity index (χ0n) is 14.7. The third-order valence-electron chi connectivity index (χ3n) is 4.62. The van der Waals surface area contributed by atoms with Crippen LogP contribution in [0.3, 0.4) is 0 Å². The molecule has 1 saturated heterocycles. The van der Waals surface area contributed by atoms with Gasteiger partial charge >= 0.3 is 0 Å². The number of halogens is 2. The van der Waals surface area contributed by atoms with E-state index in [1.165, 1.54) is 12.3 Å². The summed E-state index contributed by atoms with van der Waals surface area (Å²) in [6.45, 7) is 2.18. The second kappa shape index (κ2) is 7.17. The number of rotatable bonds is 3. The fourth-order valence-corrected chi connectivity index (χ4v) is 3.39. The number of pyridine rings is 1. The van der Waals surface area contributed by atoms with Gasteiger partial charge in [-0.2, -0.15) is 0 Å². The summed E-state index contributed by atoms with van der Waals surface area (Å²) in [5, 5.41) is 4.06. The van der Waals surface area contributed by atoms with E-state index in [4.69, 9.17) is 16.3 Å². The second-order valence-electron chi connectivity index (χ2n) is 6.36. The quantitative estimate of drug-likeness (QED) is 0.745. The molecule has 0 radical (unpaired) electrons. The molecule has 6 nitrogen and oxygen atoms in total. The number of benzene rings is 1. The van der Waals surface area contributed by atoms with Crippen molar-refractivity contribution in [2.45, 2.75) is 0 Å². The molecule has 140 valence electrons. The van der Waals surface area contributed by atoms with Gasteiger partial charge in [0, 0.05) is 42.9 Å². The first-order valence-electron chi connectivity index (χ1n) is 8.58. The van der Waals surface area contributed by atoms with E-state index in [2.05, 4.69) is 10.3 Å². The minimum atomic E-state index is -0.471. The largest absolute Gasteiger partial charge is 0.378 e. The molecule has 8 heteroatoms. The fraction of sp³-hybridized carbons (Fsp3) is 0.263. The molecule has 3 heterocycles. The van der Waals surface area contributed by atoms with Crippen molar-refractivity contribution in [1.29, 1.82) is 0 Å². The van der Waals surface area contributed by atoms with Gasteiger partial charge in [-0.15, -0.1) is 0 Å². The van der Waals surface area contributed by atoms with Crippen LogP contribution in [0.1, 0.15) is 10.4 Å². The van der Waals surface area contributed by atoms with Gasteiger partial charge in [0.15, 0.2) is 0 Å². The van der Waals surface area contributed by atoms with Gasteiger partial charge in [-0.05, 0) is 24.3 Å². The van der Waals surface area contributed by atoms with E-state index in [9.17, 15) is 9.18 Å². The second-order valence-corrected chi connectivity index (χ2v) is 6.80. The molecular weight excluding hydrogens is 371 g/mol. The van der Waals surface area contributed by atoms with Crippen LogP contribution < -0.4 is 5.32 Å². The summed E-state index contributed by atoms with van der Waals surface area (Å²) in [4.78, 5) is 19.1. The van der Waals surface area contributed by atoms with Crippen molar-refractivity contribution >= 4 is 39.9 Å². The Bertz CT molecular complexity index is 1010. The van der Waals surface area contributed by atoms with Crippen LogP contribution in [-0.2, 0) is 11.8 Å². The molecule has 1 aliphatic rings. The summed E-state index contributed by atoms with van der Waals surface area (Å²) in [5.74, 6) is -0.0750. The van der Waals surface area contributed by atoms with Crippen molar-refractivity contribution in [3.63, 3.8) is 0 Å². The average molecular weight is 389 g/mol. The van der Waals surface area contributed by atoms with Crippen molar-refractivity contribution in [3.8, 4) is 0 Å². The molecule has 0 unspecified atom stereocenters. The number of aryl methyl sites for hydroxylation is 1. The lowest BCUT2D eigenvalue weighted by Crippen LogP contribution is -2.40. The number of morpholine rings is 1.